The number of benzene rings is 4. The quantitative estimate of drug-likeness (QED) is 0.154. The van der Waals surface area contributed by atoms with Gasteiger partial charge in [-0.05, 0) is 46.4 Å². The van der Waals surface area contributed by atoms with E-state index >= 15 is 0 Å². The Balaban J connectivity index is 1.34. The van der Waals surface area contributed by atoms with Gasteiger partial charge in [0.15, 0.2) is 5.96 Å². The van der Waals surface area contributed by atoms with E-state index in [1.807, 2.05) is 78.9 Å². The van der Waals surface area contributed by atoms with Gasteiger partial charge in [0.25, 0.3) is 5.91 Å². The van der Waals surface area contributed by atoms with Crippen molar-refractivity contribution in [2.45, 2.75) is 32.1 Å². The average molecular weight is 535 g/mol. The van der Waals surface area contributed by atoms with E-state index in [1.54, 1.807) is 18.2 Å². The average Bonchev–Trinajstić information content (AvgIpc) is 3.00. The summed E-state index contributed by atoms with van der Waals surface area (Å²) in [6, 6.07) is 34.2. The lowest BCUT2D eigenvalue weighted by atomic mass is 9.98. The van der Waals surface area contributed by atoms with E-state index < -0.39 is 6.03 Å². The second kappa shape index (κ2) is 14.3. The molecule has 4 aromatic rings. The van der Waals surface area contributed by atoms with Gasteiger partial charge < -0.3 is 22.1 Å². The zero-order valence-electron chi connectivity index (χ0n) is 22.2. The number of carbonyl (C=O) groups is 2. The van der Waals surface area contributed by atoms with Crippen LogP contribution in [0.2, 0.25) is 0 Å². The van der Waals surface area contributed by atoms with Crippen molar-refractivity contribution < 1.29 is 9.59 Å². The number of hydrogen-bond donors (Lipinski definition) is 5. The monoisotopic (exact) mass is 534 g/mol. The van der Waals surface area contributed by atoms with Gasteiger partial charge in [0.2, 0.25) is 0 Å². The molecule has 1 unspecified atom stereocenters. The van der Waals surface area contributed by atoms with E-state index in [0.717, 1.165) is 27.8 Å². The minimum Gasteiger partial charge on any atom is -0.370 e. The highest BCUT2D eigenvalue weighted by molar-refractivity contribution is 5.95. The molecule has 4 rings (SSSR count). The van der Waals surface area contributed by atoms with Gasteiger partial charge in [0.1, 0.15) is 0 Å². The summed E-state index contributed by atoms with van der Waals surface area (Å²) < 4.78 is 0. The van der Waals surface area contributed by atoms with Crippen molar-refractivity contribution in [3.05, 3.63) is 143 Å². The van der Waals surface area contributed by atoms with Crippen molar-refractivity contribution >= 4 is 17.9 Å². The van der Waals surface area contributed by atoms with Crippen LogP contribution in [0, 0.1) is 0 Å². The van der Waals surface area contributed by atoms with Gasteiger partial charge in [-0.15, -0.1) is 0 Å². The predicted octanol–water partition coefficient (Wildman–Crippen LogP) is 4.17. The largest absolute Gasteiger partial charge is 0.370 e. The Hall–Kier alpha value is -4.95. The number of carbonyl (C=O) groups excluding carboxylic acids is 2. The molecule has 4 aromatic carbocycles. The number of nitrogens with two attached hydrogens (primary N) is 2. The van der Waals surface area contributed by atoms with Gasteiger partial charge in [0.05, 0.1) is 12.6 Å². The number of urea groups is 1. The summed E-state index contributed by atoms with van der Waals surface area (Å²) in [6.07, 6.45) is 0.670. The number of nitrogens with zero attached hydrogens (tertiary/aromatic N) is 1. The molecule has 204 valence electrons. The highest BCUT2D eigenvalue weighted by atomic mass is 16.2. The maximum atomic E-state index is 13.2. The van der Waals surface area contributed by atoms with Crippen LogP contribution in [-0.4, -0.2) is 17.9 Å². The van der Waals surface area contributed by atoms with Crippen LogP contribution >= 0.6 is 0 Å². The number of amides is 3. The molecule has 0 aliphatic rings. The molecular formula is C32H34N6O2. The molecule has 0 spiro atoms. The van der Waals surface area contributed by atoms with Crippen molar-refractivity contribution in [3.63, 3.8) is 0 Å². The number of aliphatic imine (C=N–C) groups is 1. The van der Waals surface area contributed by atoms with E-state index in [2.05, 4.69) is 33.1 Å². The molecule has 0 saturated carbocycles. The molecule has 3 amide bonds. The second-order valence-electron chi connectivity index (χ2n) is 9.36. The summed E-state index contributed by atoms with van der Waals surface area (Å²) in [5.41, 5.74) is 17.0. The highest BCUT2D eigenvalue weighted by Crippen LogP contribution is 2.19. The first-order chi connectivity index (χ1) is 19.5. The minimum atomic E-state index is -0.460. The first-order valence-corrected chi connectivity index (χ1v) is 13.1. The number of rotatable bonds is 10. The Morgan fingerprint density at radius 1 is 0.750 bits per heavy atom. The highest BCUT2D eigenvalue weighted by Gasteiger charge is 2.17. The zero-order chi connectivity index (χ0) is 28.2. The van der Waals surface area contributed by atoms with Crippen molar-refractivity contribution in [2.75, 3.05) is 0 Å². The topological polar surface area (TPSA) is 135 Å². The van der Waals surface area contributed by atoms with Crippen molar-refractivity contribution in [2.24, 2.45) is 16.5 Å². The van der Waals surface area contributed by atoms with Gasteiger partial charge in [0, 0.05) is 18.7 Å². The van der Waals surface area contributed by atoms with E-state index in [1.165, 1.54) is 0 Å². The number of guanidine groups is 1. The van der Waals surface area contributed by atoms with Crippen molar-refractivity contribution in [3.8, 4) is 0 Å². The van der Waals surface area contributed by atoms with Gasteiger partial charge >= 0.3 is 6.03 Å². The third-order valence-corrected chi connectivity index (χ3v) is 6.33. The third kappa shape index (κ3) is 8.54. The summed E-state index contributed by atoms with van der Waals surface area (Å²) in [6.45, 7) is 0.972. The first kappa shape index (κ1) is 28.1. The van der Waals surface area contributed by atoms with Crippen LogP contribution in [0.15, 0.2) is 114 Å². The van der Waals surface area contributed by atoms with Crippen LogP contribution < -0.4 is 27.4 Å². The first-order valence-electron chi connectivity index (χ1n) is 13.1. The summed E-state index contributed by atoms with van der Waals surface area (Å²) >= 11 is 0. The summed E-state index contributed by atoms with van der Waals surface area (Å²) in [5.74, 6) is -0.199. The Morgan fingerprint density at radius 2 is 1.40 bits per heavy atom. The number of nitrogens with one attached hydrogen (secondary N) is 3. The van der Waals surface area contributed by atoms with Crippen molar-refractivity contribution in [1.82, 2.24) is 16.0 Å². The molecule has 8 nitrogen and oxygen atoms in total. The lowest BCUT2D eigenvalue weighted by Crippen LogP contribution is -2.43. The summed E-state index contributed by atoms with van der Waals surface area (Å²) in [5, 5.41) is 8.45. The maximum absolute atomic E-state index is 13.2. The van der Waals surface area contributed by atoms with E-state index in [0.29, 0.717) is 25.1 Å². The molecule has 0 saturated heterocycles. The molecular weight excluding hydrogens is 500 g/mol. The lowest BCUT2D eigenvalue weighted by Gasteiger charge is -2.20. The van der Waals surface area contributed by atoms with Crippen LogP contribution in [0.5, 0.6) is 0 Å². The van der Waals surface area contributed by atoms with Crippen molar-refractivity contribution in [1.29, 1.82) is 0 Å². The van der Waals surface area contributed by atoms with Gasteiger partial charge in [-0.1, -0.05) is 97.1 Å². The second-order valence-corrected chi connectivity index (χ2v) is 9.36. The van der Waals surface area contributed by atoms with Crippen LogP contribution in [0.25, 0.3) is 0 Å². The molecule has 0 heterocycles. The van der Waals surface area contributed by atoms with Crippen LogP contribution in [0.1, 0.15) is 44.2 Å². The Labute approximate surface area is 234 Å². The van der Waals surface area contributed by atoms with Crippen LogP contribution in [0.3, 0.4) is 0 Å². The molecule has 0 aliphatic carbocycles. The standard InChI is InChI=1S/C32H34N6O2/c33-20-24-11-7-12-25(17-24)22-36-32(40)38-31(34)35-21-26-13-8-16-28(18-26)30(39)37-29(27-14-5-2-6-15-27)19-23-9-3-1-4-10-23/h1-18,29H,19-22,33H2,(H,37,39)(H4,34,35,36,38,40). The molecule has 0 aromatic heterocycles. The third-order valence-electron chi connectivity index (χ3n) is 6.33. The molecule has 0 radical (unpaired) electrons. The SMILES string of the molecule is NCc1cccc(CNC(=O)NC(N)=NCc2cccc(C(=O)NC(Cc3ccccc3)c3ccccc3)c2)c1. The van der Waals surface area contributed by atoms with Gasteiger partial charge in [-0.3, -0.25) is 10.1 Å². The maximum Gasteiger partial charge on any atom is 0.321 e. The fourth-order valence-corrected chi connectivity index (χ4v) is 4.27. The molecule has 0 fully saturated rings. The Bertz CT molecular complexity index is 1440. The minimum absolute atomic E-state index is 0.0185. The molecule has 40 heavy (non-hydrogen) atoms. The Kier molecular flexibility index (Phi) is 10.0. The molecule has 0 aliphatic heterocycles. The summed E-state index contributed by atoms with van der Waals surface area (Å²) in [4.78, 5) is 29.7. The van der Waals surface area contributed by atoms with Gasteiger partial charge in [-0.25, -0.2) is 9.79 Å². The normalized spacial score (nSPS) is 11.9. The molecule has 0 bridgehead atoms. The Morgan fingerprint density at radius 3 is 2.15 bits per heavy atom. The lowest BCUT2D eigenvalue weighted by molar-refractivity contribution is 0.0936. The van der Waals surface area contributed by atoms with E-state index in [-0.39, 0.29) is 24.5 Å². The zero-order valence-corrected chi connectivity index (χ0v) is 22.2. The van der Waals surface area contributed by atoms with Gasteiger partial charge in [-0.2, -0.15) is 0 Å². The molecule has 7 N–H and O–H groups in total. The van der Waals surface area contributed by atoms with Crippen LogP contribution in [-0.2, 0) is 26.1 Å². The smallest absolute Gasteiger partial charge is 0.321 e. The van der Waals surface area contributed by atoms with E-state index in [9.17, 15) is 9.59 Å². The fourth-order valence-electron chi connectivity index (χ4n) is 4.27. The fraction of sp³-hybridized carbons (Fsp3) is 0.156. The number of hydrogen-bond acceptors (Lipinski definition) is 4. The predicted molar refractivity (Wildman–Crippen MR) is 158 cm³/mol. The summed E-state index contributed by atoms with van der Waals surface area (Å²) in [7, 11) is 0. The molecule has 1 atom stereocenters. The molecule has 8 heteroatoms. The van der Waals surface area contributed by atoms with E-state index in [4.69, 9.17) is 11.5 Å². The van der Waals surface area contributed by atoms with Crippen LogP contribution in [0.4, 0.5) is 4.79 Å².